The van der Waals surface area contributed by atoms with Gasteiger partial charge in [-0.1, -0.05) is 72.8 Å². The second-order valence-electron chi connectivity index (χ2n) is 9.36. The number of para-hydroxylation sites is 2. The van der Waals surface area contributed by atoms with E-state index in [0.717, 1.165) is 39.4 Å². The van der Waals surface area contributed by atoms with Gasteiger partial charge in [0.05, 0.1) is 29.0 Å². The van der Waals surface area contributed by atoms with Crippen LogP contribution in [0.1, 0.15) is 16.7 Å². The summed E-state index contributed by atoms with van der Waals surface area (Å²) in [4.78, 5) is 20.3. The van der Waals surface area contributed by atoms with Crippen molar-refractivity contribution >= 4 is 40.1 Å². The zero-order valence-corrected chi connectivity index (χ0v) is 21.3. The maximum Gasteiger partial charge on any atom is 0.265 e. The van der Waals surface area contributed by atoms with Gasteiger partial charge >= 0.3 is 0 Å². The lowest BCUT2D eigenvalue weighted by atomic mass is 9.99. The van der Waals surface area contributed by atoms with Crippen molar-refractivity contribution in [2.75, 3.05) is 10.2 Å². The lowest BCUT2D eigenvalue weighted by Crippen LogP contribution is -2.21. The minimum Gasteiger partial charge on any atom is -0.384 e. The van der Waals surface area contributed by atoms with Crippen molar-refractivity contribution in [3.05, 3.63) is 132 Å². The van der Waals surface area contributed by atoms with Gasteiger partial charge in [0.2, 0.25) is 0 Å². The highest BCUT2D eigenvalue weighted by Gasteiger charge is 2.36. The molecule has 0 bridgehead atoms. The Balaban J connectivity index is 1.49. The maximum absolute atomic E-state index is 14.1. The summed E-state index contributed by atoms with van der Waals surface area (Å²) >= 11 is 0. The van der Waals surface area contributed by atoms with Gasteiger partial charge in [0.1, 0.15) is 5.84 Å². The van der Waals surface area contributed by atoms with Crippen LogP contribution in [-0.4, -0.2) is 21.3 Å². The Labute approximate surface area is 226 Å². The Morgan fingerprint density at radius 3 is 2.18 bits per heavy atom. The summed E-state index contributed by atoms with van der Waals surface area (Å²) in [6.07, 6.45) is 3.75. The summed E-state index contributed by atoms with van der Waals surface area (Å²) < 4.78 is 1.91. The number of fused-ring (bicyclic) bond motifs is 1. The van der Waals surface area contributed by atoms with Crippen LogP contribution in [0.25, 0.3) is 22.5 Å². The first kappa shape index (κ1) is 23.9. The first-order chi connectivity index (χ1) is 19.0. The van der Waals surface area contributed by atoms with Crippen LogP contribution < -0.4 is 16.0 Å². The lowest BCUT2D eigenvalue weighted by Gasteiger charge is -2.18. The molecule has 5 aromatic rings. The van der Waals surface area contributed by atoms with Crippen LogP contribution in [0.3, 0.4) is 0 Å². The third-order valence-corrected chi connectivity index (χ3v) is 6.74. The van der Waals surface area contributed by atoms with Crippen LogP contribution in [0.5, 0.6) is 0 Å². The average molecular weight is 511 g/mol. The van der Waals surface area contributed by atoms with E-state index in [0.29, 0.717) is 16.8 Å². The van der Waals surface area contributed by atoms with Crippen molar-refractivity contribution in [3.63, 3.8) is 0 Å². The van der Waals surface area contributed by atoms with Crippen molar-refractivity contribution in [3.8, 4) is 11.3 Å². The van der Waals surface area contributed by atoms with Crippen LogP contribution >= 0.6 is 0 Å². The van der Waals surface area contributed by atoms with Crippen LogP contribution in [-0.2, 0) is 11.8 Å². The third-order valence-electron chi connectivity index (χ3n) is 6.74. The van der Waals surface area contributed by atoms with E-state index in [1.165, 1.54) is 0 Å². The first-order valence-corrected chi connectivity index (χ1v) is 12.5. The van der Waals surface area contributed by atoms with Gasteiger partial charge in [-0.2, -0.15) is 0 Å². The number of hydrogen-bond acceptors (Lipinski definition) is 4. The van der Waals surface area contributed by atoms with Gasteiger partial charge in [-0.3, -0.25) is 15.1 Å². The quantitative estimate of drug-likeness (QED) is 0.148. The molecular formula is C32H26N6O. The summed E-state index contributed by atoms with van der Waals surface area (Å²) in [7, 11) is 1.94. The number of nitrogens with one attached hydrogen (secondary N) is 2. The molecule has 1 amide bonds. The van der Waals surface area contributed by atoms with Gasteiger partial charge in [-0.15, -0.1) is 0 Å². The van der Waals surface area contributed by atoms with E-state index in [1.807, 2.05) is 109 Å². The Morgan fingerprint density at radius 1 is 0.846 bits per heavy atom. The highest BCUT2D eigenvalue weighted by Crippen LogP contribution is 2.44. The van der Waals surface area contributed by atoms with Gasteiger partial charge in [-0.25, -0.2) is 4.98 Å². The van der Waals surface area contributed by atoms with Crippen LogP contribution in [0.4, 0.5) is 17.1 Å². The fourth-order valence-corrected chi connectivity index (χ4v) is 4.82. The number of aryl methyl sites for hydroxylation is 1. The van der Waals surface area contributed by atoms with Crippen molar-refractivity contribution in [2.45, 2.75) is 0 Å². The minimum atomic E-state index is -0.120. The molecular weight excluding hydrogens is 484 g/mol. The van der Waals surface area contributed by atoms with Crippen LogP contribution in [0, 0.1) is 5.41 Å². The van der Waals surface area contributed by atoms with Gasteiger partial charge in [0, 0.05) is 41.3 Å². The van der Waals surface area contributed by atoms with Crippen molar-refractivity contribution < 1.29 is 4.79 Å². The number of anilines is 3. The number of hydrogen-bond donors (Lipinski definition) is 3. The van der Waals surface area contributed by atoms with E-state index in [1.54, 1.807) is 23.4 Å². The zero-order valence-electron chi connectivity index (χ0n) is 21.3. The van der Waals surface area contributed by atoms with Crippen molar-refractivity contribution in [2.24, 2.45) is 12.8 Å². The second-order valence-corrected chi connectivity index (χ2v) is 9.36. The molecule has 1 aliphatic heterocycles. The molecule has 6 rings (SSSR count). The molecule has 2 heterocycles. The number of nitrogens with zero attached hydrogens (tertiary/aromatic N) is 3. The van der Waals surface area contributed by atoms with Gasteiger partial charge in [0.15, 0.2) is 0 Å². The molecule has 1 aliphatic rings. The molecule has 0 atom stereocenters. The number of nitrogen functional groups attached to an aromatic ring is 1. The Hall–Kier alpha value is -5.43. The molecule has 0 unspecified atom stereocenters. The smallest absolute Gasteiger partial charge is 0.265 e. The maximum atomic E-state index is 14.1. The Morgan fingerprint density at radius 2 is 1.51 bits per heavy atom. The molecule has 0 saturated carbocycles. The van der Waals surface area contributed by atoms with E-state index in [9.17, 15) is 4.79 Å². The number of amidine groups is 1. The monoisotopic (exact) mass is 510 g/mol. The number of carbonyl (C=O) groups is 1. The molecule has 4 aromatic carbocycles. The molecule has 1 aromatic heterocycles. The molecule has 0 saturated heterocycles. The van der Waals surface area contributed by atoms with Gasteiger partial charge < -0.3 is 15.6 Å². The average Bonchev–Trinajstić information content (AvgIpc) is 3.53. The Bertz CT molecular complexity index is 1720. The van der Waals surface area contributed by atoms with Gasteiger partial charge in [-0.05, 0) is 35.9 Å². The molecule has 190 valence electrons. The van der Waals surface area contributed by atoms with E-state index < -0.39 is 0 Å². The number of aromatic nitrogens is 2. The number of benzene rings is 4. The lowest BCUT2D eigenvalue weighted by molar-refractivity contribution is -0.112. The minimum absolute atomic E-state index is 0.00800. The molecule has 7 heteroatoms. The summed E-state index contributed by atoms with van der Waals surface area (Å²) in [5, 5.41) is 11.3. The number of amides is 1. The summed E-state index contributed by atoms with van der Waals surface area (Å²) in [6, 6.07) is 32.8. The zero-order chi connectivity index (χ0) is 26.9. The molecule has 7 nitrogen and oxygen atoms in total. The fourth-order valence-electron chi connectivity index (χ4n) is 4.82. The molecule has 39 heavy (non-hydrogen) atoms. The summed E-state index contributed by atoms with van der Waals surface area (Å²) in [6.45, 7) is 0. The first-order valence-electron chi connectivity index (χ1n) is 12.5. The number of imidazole rings is 1. The third kappa shape index (κ3) is 4.46. The Kier molecular flexibility index (Phi) is 6.01. The molecule has 0 fully saturated rings. The largest absolute Gasteiger partial charge is 0.384 e. The highest BCUT2D eigenvalue weighted by atomic mass is 16.2. The predicted octanol–water partition coefficient (Wildman–Crippen LogP) is 6.03. The van der Waals surface area contributed by atoms with E-state index in [2.05, 4.69) is 10.3 Å². The second kappa shape index (κ2) is 9.79. The predicted molar refractivity (Wildman–Crippen MR) is 157 cm³/mol. The van der Waals surface area contributed by atoms with Crippen molar-refractivity contribution in [1.82, 2.24) is 9.55 Å². The van der Waals surface area contributed by atoms with Crippen LogP contribution in [0.2, 0.25) is 0 Å². The normalized spacial score (nSPS) is 13.8. The summed E-state index contributed by atoms with van der Waals surface area (Å²) in [5.74, 6) is -0.128. The van der Waals surface area contributed by atoms with E-state index in [4.69, 9.17) is 11.1 Å². The number of carbonyl (C=O) groups excluding carboxylic acids is 1. The molecule has 0 spiro atoms. The standard InChI is InChI=1S/C32H26N6O/c1-37-19-27(35-20-37)21-15-17-24(18-16-21)36-30(22-11-13-23(14-12-22)31(33)34)29-26-9-5-6-10-28(26)38(32(29)39)25-7-3-2-4-8-25/h2-20,36H,1H3,(H3,33,34)/b30-29-. The summed E-state index contributed by atoms with van der Waals surface area (Å²) in [5.41, 5.74) is 13.6. The van der Waals surface area contributed by atoms with Gasteiger partial charge in [0.25, 0.3) is 5.91 Å². The molecule has 0 aliphatic carbocycles. The topological polar surface area (TPSA) is 100 Å². The fraction of sp³-hybridized carbons (Fsp3) is 0.0312. The molecule has 4 N–H and O–H groups in total. The van der Waals surface area contributed by atoms with Crippen LogP contribution in [0.15, 0.2) is 116 Å². The SMILES string of the molecule is Cn1cnc(-c2ccc(N/C(=C3\C(=O)N(c4ccccc4)c4ccccc43)c3ccc(C(=N)N)cc3)cc2)c1. The number of rotatable bonds is 6. The van der Waals surface area contributed by atoms with E-state index >= 15 is 0 Å². The highest BCUT2D eigenvalue weighted by molar-refractivity contribution is 6.40. The van der Waals surface area contributed by atoms with Crippen molar-refractivity contribution in [1.29, 1.82) is 5.41 Å². The molecule has 0 radical (unpaired) electrons. The van der Waals surface area contributed by atoms with E-state index in [-0.39, 0.29) is 11.7 Å². The number of nitrogens with two attached hydrogens (primary N) is 1.